The molecule has 6 nitrogen and oxygen atoms in total. The quantitative estimate of drug-likeness (QED) is 0.643. The third kappa shape index (κ3) is 4.73. The molecule has 1 aromatic carbocycles. The van der Waals surface area contributed by atoms with E-state index in [1.807, 2.05) is 50.4 Å². The number of aryl methyl sites for hydroxylation is 1. The van der Waals surface area contributed by atoms with Crippen LogP contribution in [0.4, 0.5) is 0 Å². The second kappa shape index (κ2) is 8.49. The molecular formula is C21H23N3O3. The molecule has 0 fully saturated rings. The lowest BCUT2D eigenvalue weighted by atomic mass is 10.2. The number of hydrogen-bond acceptors (Lipinski definition) is 5. The Labute approximate surface area is 158 Å². The van der Waals surface area contributed by atoms with Gasteiger partial charge in [-0.2, -0.15) is 0 Å². The van der Waals surface area contributed by atoms with Gasteiger partial charge in [-0.25, -0.2) is 4.98 Å². The van der Waals surface area contributed by atoms with Crippen molar-refractivity contribution < 1.29 is 13.9 Å². The maximum atomic E-state index is 12.5. The van der Waals surface area contributed by atoms with E-state index in [1.54, 1.807) is 24.4 Å². The van der Waals surface area contributed by atoms with Gasteiger partial charge in [0, 0.05) is 31.5 Å². The van der Waals surface area contributed by atoms with Gasteiger partial charge in [0.15, 0.2) is 0 Å². The molecule has 0 spiro atoms. The molecule has 27 heavy (non-hydrogen) atoms. The van der Waals surface area contributed by atoms with Gasteiger partial charge < -0.3 is 14.1 Å². The highest BCUT2D eigenvalue weighted by atomic mass is 16.5. The smallest absolute Gasteiger partial charge is 0.228 e. The zero-order chi connectivity index (χ0) is 19.2. The van der Waals surface area contributed by atoms with Crippen LogP contribution in [-0.4, -0.2) is 41.5 Å². The first kappa shape index (κ1) is 18.6. The average Bonchev–Trinajstić information content (AvgIpc) is 3.07. The van der Waals surface area contributed by atoms with Crippen molar-refractivity contribution in [1.82, 2.24) is 14.9 Å². The number of nitrogens with zero attached hydrogens (tertiary/aromatic N) is 3. The fourth-order valence-corrected chi connectivity index (χ4v) is 2.72. The topological polar surface area (TPSA) is 68.5 Å². The van der Waals surface area contributed by atoms with Crippen molar-refractivity contribution >= 4 is 5.91 Å². The molecule has 0 N–H and O–H groups in total. The molecular weight excluding hydrogens is 342 g/mol. The van der Waals surface area contributed by atoms with Gasteiger partial charge in [0.05, 0.1) is 19.2 Å². The monoisotopic (exact) mass is 365 g/mol. The summed E-state index contributed by atoms with van der Waals surface area (Å²) in [6, 6.07) is 11.4. The first-order valence-electron chi connectivity index (χ1n) is 8.80. The van der Waals surface area contributed by atoms with E-state index in [2.05, 4.69) is 9.97 Å². The Balaban J connectivity index is 1.64. The Morgan fingerprint density at radius 3 is 2.74 bits per heavy atom. The lowest BCUT2D eigenvalue weighted by Gasteiger charge is -2.16. The normalized spacial score (nSPS) is 10.6. The molecule has 0 aliphatic heterocycles. The molecule has 0 saturated heterocycles. The van der Waals surface area contributed by atoms with Gasteiger partial charge in [-0.3, -0.25) is 9.78 Å². The number of amides is 1. The van der Waals surface area contributed by atoms with Crippen molar-refractivity contribution in [2.45, 2.75) is 19.8 Å². The van der Waals surface area contributed by atoms with Crippen molar-refractivity contribution in [3.05, 3.63) is 65.8 Å². The van der Waals surface area contributed by atoms with E-state index in [4.69, 9.17) is 9.15 Å². The van der Waals surface area contributed by atoms with Gasteiger partial charge >= 0.3 is 0 Å². The summed E-state index contributed by atoms with van der Waals surface area (Å²) in [6.07, 6.45) is 4.52. The Hall–Kier alpha value is -3.15. The summed E-state index contributed by atoms with van der Waals surface area (Å²) in [4.78, 5) is 22.8. The van der Waals surface area contributed by atoms with Crippen LogP contribution in [-0.2, 0) is 17.6 Å². The fourth-order valence-electron chi connectivity index (χ4n) is 2.72. The van der Waals surface area contributed by atoms with Gasteiger partial charge in [0.2, 0.25) is 11.8 Å². The number of carbonyl (C=O) groups is 1. The molecule has 0 radical (unpaired) electrons. The molecule has 140 valence electrons. The molecule has 2 aromatic heterocycles. The summed E-state index contributed by atoms with van der Waals surface area (Å²) in [7, 11) is 3.42. The Morgan fingerprint density at radius 1 is 1.22 bits per heavy atom. The largest absolute Gasteiger partial charge is 0.497 e. The van der Waals surface area contributed by atoms with Crippen LogP contribution < -0.4 is 4.74 Å². The second-order valence-corrected chi connectivity index (χ2v) is 6.35. The molecule has 6 heteroatoms. The van der Waals surface area contributed by atoms with E-state index < -0.39 is 0 Å². The predicted octanol–water partition coefficient (Wildman–Crippen LogP) is 3.30. The summed E-state index contributed by atoms with van der Waals surface area (Å²) in [6.45, 7) is 2.47. The fraction of sp³-hybridized carbons (Fsp3) is 0.286. The van der Waals surface area contributed by atoms with Crippen molar-refractivity contribution in [1.29, 1.82) is 0 Å². The number of benzene rings is 1. The molecule has 0 aliphatic rings. The number of methoxy groups -OCH3 is 1. The summed E-state index contributed by atoms with van der Waals surface area (Å²) in [5.41, 5.74) is 2.64. The Morgan fingerprint density at radius 2 is 2.00 bits per heavy atom. The third-order valence-corrected chi connectivity index (χ3v) is 4.44. The van der Waals surface area contributed by atoms with Crippen LogP contribution in [0.3, 0.4) is 0 Å². The maximum Gasteiger partial charge on any atom is 0.228 e. The van der Waals surface area contributed by atoms with Crippen LogP contribution in [0.2, 0.25) is 0 Å². The molecule has 2 heterocycles. The average molecular weight is 365 g/mol. The van der Waals surface area contributed by atoms with Crippen molar-refractivity contribution in [3.8, 4) is 17.2 Å². The SMILES string of the molecule is COc1cccc(-c2nc(CC(=O)N(C)CCc3ccncc3)c(C)o2)c1. The molecule has 3 rings (SSSR count). The van der Waals surface area contributed by atoms with Gasteiger partial charge in [-0.1, -0.05) is 6.07 Å². The zero-order valence-electron chi connectivity index (χ0n) is 15.8. The summed E-state index contributed by atoms with van der Waals surface area (Å²) < 4.78 is 11.0. The molecule has 0 bridgehead atoms. The lowest BCUT2D eigenvalue weighted by Crippen LogP contribution is -2.30. The van der Waals surface area contributed by atoms with Gasteiger partial charge in [0.1, 0.15) is 11.5 Å². The maximum absolute atomic E-state index is 12.5. The number of ether oxygens (including phenoxy) is 1. The number of pyridine rings is 1. The van der Waals surface area contributed by atoms with Gasteiger partial charge in [-0.15, -0.1) is 0 Å². The number of rotatable bonds is 7. The predicted molar refractivity (Wildman–Crippen MR) is 103 cm³/mol. The number of oxazole rings is 1. The van der Waals surface area contributed by atoms with Crippen LogP contribution in [0.25, 0.3) is 11.5 Å². The molecule has 0 unspecified atom stereocenters. The standard InChI is InChI=1S/C21H23N3O3/c1-15-19(23-21(27-15)17-5-4-6-18(13-17)26-3)14-20(25)24(2)12-9-16-7-10-22-11-8-16/h4-8,10-11,13H,9,12,14H2,1-3H3. The van der Waals surface area contributed by atoms with E-state index in [0.717, 1.165) is 23.3 Å². The van der Waals surface area contributed by atoms with E-state index in [0.29, 0.717) is 23.9 Å². The van der Waals surface area contributed by atoms with E-state index in [9.17, 15) is 4.79 Å². The lowest BCUT2D eigenvalue weighted by molar-refractivity contribution is -0.129. The summed E-state index contributed by atoms with van der Waals surface area (Å²) >= 11 is 0. The Kier molecular flexibility index (Phi) is 5.86. The highest BCUT2D eigenvalue weighted by molar-refractivity contribution is 5.78. The minimum absolute atomic E-state index is 0.0117. The zero-order valence-corrected chi connectivity index (χ0v) is 15.8. The molecule has 0 atom stereocenters. The van der Waals surface area contributed by atoms with Crippen LogP contribution in [0.1, 0.15) is 17.0 Å². The van der Waals surface area contributed by atoms with Crippen molar-refractivity contribution in [2.24, 2.45) is 0 Å². The van der Waals surface area contributed by atoms with Gasteiger partial charge in [0.25, 0.3) is 0 Å². The van der Waals surface area contributed by atoms with Gasteiger partial charge in [-0.05, 0) is 49.2 Å². The second-order valence-electron chi connectivity index (χ2n) is 6.35. The van der Waals surface area contributed by atoms with Crippen molar-refractivity contribution in [2.75, 3.05) is 20.7 Å². The van der Waals surface area contributed by atoms with Crippen LogP contribution in [0.15, 0.2) is 53.2 Å². The minimum atomic E-state index is 0.0117. The van der Waals surface area contributed by atoms with E-state index in [1.165, 1.54) is 0 Å². The minimum Gasteiger partial charge on any atom is -0.497 e. The number of likely N-dealkylation sites (N-methyl/N-ethyl adjacent to an activating group) is 1. The first-order valence-corrected chi connectivity index (χ1v) is 8.80. The van der Waals surface area contributed by atoms with Crippen LogP contribution >= 0.6 is 0 Å². The first-order chi connectivity index (χ1) is 13.1. The molecule has 1 amide bonds. The molecule has 0 saturated carbocycles. The van der Waals surface area contributed by atoms with E-state index in [-0.39, 0.29) is 12.3 Å². The number of carbonyl (C=O) groups excluding carboxylic acids is 1. The molecule has 3 aromatic rings. The number of aromatic nitrogens is 2. The Bertz CT molecular complexity index is 906. The highest BCUT2D eigenvalue weighted by Crippen LogP contribution is 2.25. The molecule has 0 aliphatic carbocycles. The van der Waals surface area contributed by atoms with Crippen LogP contribution in [0.5, 0.6) is 5.75 Å². The summed E-state index contributed by atoms with van der Waals surface area (Å²) in [5, 5.41) is 0. The van der Waals surface area contributed by atoms with Crippen LogP contribution in [0, 0.1) is 6.92 Å². The third-order valence-electron chi connectivity index (χ3n) is 4.44. The highest BCUT2D eigenvalue weighted by Gasteiger charge is 2.17. The van der Waals surface area contributed by atoms with Crippen molar-refractivity contribution in [3.63, 3.8) is 0 Å². The summed E-state index contributed by atoms with van der Waals surface area (Å²) in [5.74, 6) is 1.90. The number of hydrogen-bond donors (Lipinski definition) is 0. The van der Waals surface area contributed by atoms with E-state index >= 15 is 0 Å².